The first-order valence-electron chi connectivity index (χ1n) is 5.77. The number of rotatable bonds is 3. The van der Waals surface area contributed by atoms with Gasteiger partial charge >= 0.3 is 5.97 Å². The number of nitrogens with zero attached hydrogens (tertiary/aromatic N) is 1. The van der Waals surface area contributed by atoms with E-state index in [0.29, 0.717) is 0 Å². The van der Waals surface area contributed by atoms with E-state index in [9.17, 15) is 18.7 Å². The van der Waals surface area contributed by atoms with Gasteiger partial charge in [-0.05, 0) is 25.0 Å². The molecule has 0 spiro atoms. The molecule has 1 saturated carbocycles. The van der Waals surface area contributed by atoms with Crippen LogP contribution >= 0.6 is 0 Å². The number of carboxylic acid groups (broad SMARTS) is 1. The van der Waals surface area contributed by atoms with Crippen molar-refractivity contribution in [3.63, 3.8) is 0 Å². The van der Waals surface area contributed by atoms with E-state index in [2.05, 4.69) is 5.16 Å². The van der Waals surface area contributed by atoms with Gasteiger partial charge in [0, 0.05) is 5.92 Å². The first kappa shape index (κ1) is 11.8. The van der Waals surface area contributed by atoms with E-state index in [0.717, 1.165) is 25.0 Å². The number of carboxylic acids is 1. The van der Waals surface area contributed by atoms with E-state index in [1.54, 1.807) is 0 Å². The average Bonchev–Trinajstić information content (AvgIpc) is 3.09. The van der Waals surface area contributed by atoms with Crippen LogP contribution in [-0.4, -0.2) is 16.2 Å². The van der Waals surface area contributed by atoms with Crippen molar-refractivity contribution in [1.29, 1.82) is 0 Å². The van der Waals surface area contributed by atoms with Crippen molar-refractivity contribution in [2.45, 2.75) is 18.8 Å². The third-order valence-electron chi connectivity index (χ3n) is 3.08. The molecule has 6 heteroatoms. The Labute approximate surface area is 106 Å². The highest BCUT2D eigenvalue weighted by Gasteiger charge is 2.36. The van der Waals surface area contributed by atoms with Gasteiger partial charge in [0.2, 0.25) is 0 Å². The SMILES string of the molecule is O=C(O)c1c(-c2c(F)cccc2F)noc1C1CC1. The second-order valence-electron chi connectivity index (χ2n) is 4.45. The Morgan fingerprint density at radius 1 is 1.32 bits per heavy atom. The standard InChI is InChI=1S/C13H9F2NO3/c14-7-2-1-3-8(15)9(7)11-10(13(17)18)12(19-16-11)6-4-5-6/h1-3,6H,4-5H2,(H,17,18). The average molecular weight is 265 g/mol. The molecule has 4 nitrogen and oxygen atoms in total. The molecule has 0 saturated heterocycles. The van der Waals surface area contributed by atoms with Gasteiger partial charge in [0.05, 0.1) is 5.56 Å². The topological polar surface area (TPSA) is 63.3 Å². The van der Waals surface area contributed by atoms with E-state index < -0.39 is 23.2 Å². The van der Waals surface area contributed by atoms with E-state index in [4.69, 9.17) is 4.52 Å². The normalized spacial score (nSPS) is 14.6. The Kier molecular flexibility index (Phi) is 2.58. The summed E-state index contributed by atoms with van der Waals surface area (Å²) in [5.41, 5.74) is -0.993. The van der Waals surface area contributed by atoms with Crippen LogP contribution in [0.3, 0.4) is 0 Å². The van der Waals surface area contributed by atoms with Gasteiger partial charge in [-0.3, -0.25) is 0 Å². The third-order valence-corrected chi connectivity index (χ3v) is 3.08. The van der Waals surface area contributed by atoms with Crippen LogP contribution in [0.2, 0.25) is 0 Å². The predicted molar refractivity (Wildman–Crippen MR) is 60.8 cm³/mol. The van der Waals surface area contributed by atoms with Crippen LogP contribution in [0.1, 0.15) is 34.9 Å². The molecular weight excluding hydrogens is 256 g/mol. The second kappa shape index (κ2) is 4.15. The molecule has 0 aliphatic heterocycles. The Hall–Kier alpha value is -2.24. The van der Waals surface area contributed by atoms with Gasteiger partial charge in [-0.2, -0.15) is 0 Å². The number of halogens is 2. The number of benzene rings is 1. The first-order valence-corrected chi connectivity index (χ1v) is 5.77. The van der Waals surface area contributed by atoms with Crippen molar-refractivity contribution in [1.82, 2.24) is 5.16 Å². The van der Waals surface area contributed by atoms with Gasteiger partial charge < -0.3 is 9.63 Å². The van der Waals surface area contributed by atoms with Crippen molar-refractivity contribution < 1.29 is 23.2 Å². The molecule has 1 aromatic carbocycles. The lowest BCUT2D eigenvalue weighted by Gasteiger charge is -2.02. The minimum absolute atomic E-state index is 0.0119. The maximum atomic E-state index is 13.7. The fraction of sp³-hybridized carbons (Fsp3) is 0.231. The molecule has 1 aliphatic carbocycles. The smallest absolute Gasteiger partial charge is 0.341 e. The quantitative estimate of drug-likeness (QED) is 0.925. The molecule has 2 aromatic rings. The number of aromatic nitrogens is 1. The third kappa shape index (κ3) is 1.89. The molecule has 0 radical (unpaired) electrons. The van der Waals surface area contributed by atoms with Gasteiger partial charge in [0.1, 0.15) is 22.9 Å². The fourth-order valence-corrected chi connectivity index (χ4v) is 2.03. The Bertz CT molecular complexity index is 642. The van der Waals surface area contributed by atoms with Gasteiger partial charge in [0.25, 0.3) is 0 Å². The molecule has 1 aromatic heterocycles. The lowest BCUT2D eigenvalue weighted by molar-refractivity contribution is 0.0695. The van der Waals surface area contributed by atoms with Crippen LogP contribution in [0.15, 0.2) is 22.7 Å². The highest BCUT2D eigenvalue weighted by atomic mass is 19.1. The minimum Gasteiger partial charge on any atom is -0.477 e. The Balaban J connectivity index is 2.23. The minimum atomic E-state index is -1.29. The van der Waals surface area contributed by atoms with Crippen LogP contribution in [0.5, 0.6) is 0 Å². The molecule has 1 fully saturated rings. The molecule has 0 atom stereocenters. The number of hydrogen-bond acceptors (Lipinski definition) is 3. The van der Waals surface area contributed by atoms with Gasteiger partial charge in [-0.1, -0.05) is 11.2 Å². The van der Waals surface area contributed by atoms with Crippen LogP contribution in [0.4, 0.5) is 8.78 Å². The largest absolute Gasteiger partial charge is 0.477 e. The van der Waals surface area contributed by atoms with Crippen molar-refractivity contribution in [2.75, 3.05) is 0 Å². The van der Waals surface area contributed by atoms with E-state index in [1.165, 1.54) is 6.07 Å². The van der Waals surface area contributed by atoms with Crippen LogP contribution in [0, 0.1) is 11.6 Å². The number of carbonyl (C=O) groups is 1. The van der Waals surface area contributed by atoms with Crippen LogP contribution in [0.25, 0.3) is 11.3 Å². The van der Waals surface area contributed by atoms with Crippen molar-refractivity contribution in [2.24, 2.45) is 0 Å². The molecule has 0 bridgehead atoms. The van der Waals surface area contributed by atoms with Gasteiger partial charge in [-0.25, -0.2) is 13.6 Å². The van der Waals surface area contributed by atoms with Gasteiger partial charge in [0.15, 0.2) is 5.76 Å². The lowest BCUT2D eigenvalue weighted by Crippen LogP contribution is -2.02. The van der Waals surface area contributed by atoms with E-state index in [1.807, 2.05) is 0 Å². The molecular formula is C13H9F2NO3. The number of hydrogen-bond donors (Lipinski definition) is 1. The zero-order valence-electron chi connectivity index (χ0n) is 9.69. The first-order chi connectivity index (χ1) is 9.09. The Morgan fingerprint density at radius 2 is 1.95 bits per heavy atom. The summed E-state index contributed by atoms with van der Waals surface area (Å²) in [7, 11) is 0. The molecule has 0 unspecified atom stereocenters. The highest BCUT2D eigenvalue weighted by Crippen LogP contribution is 2.44. The predicted octanol–water partition coefficient (Wildman–Crippen LogP) is 3.20. The van der Waals surface area contributed by atoms with E-state index in [-0.39, 0.29) is 22.9 Å². The Morgan fingerprint density at radius 3 is 2.47 bits per heavy atom. The van der Waals surface area contributed by atoms with Crippen molar-refractivity contribution in [3.05, 3.63) is 41.2 Å². The summed E-state index contributed by atoms with van der Waals surface area (Å²) in [4.78, 5) is 11.3. The second-order valence-corrected chi connectivity index (χ2v) is 4.45. The summed E-state index contributed by atoms with van der Waals surface area (Å²) in [5.74, 6) is -2.83. The fourth-order valence-electron chi connectivity index (χ4n) is 2.03. The van der Waals surface area contributed by atoms with Crippen molar-refractivity contribution >= 4 is 5.97 Å². The summed E-state index contributed by atoms with van der Waals surface area (Å²) < 4.78 is 32.4. The summed E-state index contributed by atoms with van der Waals surface area (Å²) in [6, 6.07) is 3.31. The van der Waals surface area contributed by atoms with Crippen LogP contribution < -0.4 is 0 Å². The molecule has 1 heterocycles. The highest BCUT2D eigenvalue weighted by molar-refractivity contribution is 5.96. The van der Waals surface area contributed by atoms with Crippen LogP contribution in [-0.2, 0) is 0 Å². The monoisotopic (exact) mass is 265 g/mol. The number of aromatic carboxylic acids is 1. The van der Waals surface area contributed by atoms with Gasteiger partial charge in [-0.15, -0.1) is 0 Å². The molecule has 1 aliphatic rings. The summed E-state index contributed by atoms with van der Waals surface area (Å²) in [6.07, 6.45) is 1.60. The summed E-state index contributed by atoms with van der Waals surface area (Å²) >= 11 is 0. The van der Waals surface area contributed by atoms with Crippen molar-refractivity contribution in [3.8, 4) is 11.3 Å². The maximum Gasteiger partial charge on any atom is 0.341 e. The molecule has 1 N–H and O–H groups in total. The molecule has 19 heavy (non-hydrogen) atoms. The molecule has 0 amide bonds. The zero-order chi connectivity index (χ0) is 13.6. The maximum absolute atomic E-state index is 13.7. The lowest BCUT2D eigenvalue weighted by atomic mass is 10.0. The zero-order valence-corrected chi connectivity index (χ0v) is 9.69. The van der Waals surface area contributed by atoms with E-state index >= 15 is 0 Å². The summed E-state index contributed by atoms with van der Waals surface area (Å²) in [5, 5.41) is 12.8. The summed E-state index contributed by atoms with van der Waals surface area (Å²) in [6.45, 7) is 0. The molecule has 3 rings (SSSR count). The molecule has 98 valence electrons.